The highest BCUT2D eigenvalue weighted by Crippen LogP contribution is 2.30. The number of carbonyl (C=O) groups excluding carboxylic acids is 1. The number of carbonyl (C=O) groups is 1. The molecule has 4 aromatic rings. The number of benzene rings is 1. The molecule has 0 aliphatic carbocycles. The molecule has 2 N–H and O–H groups in total. The van der Waals surface area contributed by atoms with Gasteiger partial charge in [0.2, 0.25) is 0 Å². The van der Waals surface area contributed by atoms with Gasteiger partial charge in [-0.2, -0.15) is 0 Å². The number of amides is 1. The SMILES string of the molecule is Cc1cnc(C(=O)Nc2ccccc2-c2cn3c(CN4CCNCC4)csc3n2)cn1. The average Bonchev–Trinajstić information content (AvgIpc) is 3.37. The summed E-state index contributed by atoms with van der Waals surface area (Å²) in [5, 5.41) is 8.53. The molecule has 1 amide bonds. The molecule has 5 rings (SSSR count). The Morgan fingerprint density at radius 1 is 1.19 bits per heavy atom. The summed E-state index contributed by atoms with van der Waals surface area (Å²) in [5.74, 6) is -0.291. The lowest BCUT2D eigenvalue weighted by molar-refractivity contribution is 0.102. The second kappa shape index (κ2) is 8.54. The fourth-order valence-corrected chi connectivity index (χ4v) is 4.55. The lowest BCUT2D eigenvalue weighted by Gasteiger charge is -2.26. The van der Waals surface area contributed by atoms with Gasteiger partial charge < -0.3 is 10.6 Å². The highest BCUT2D eigenvalue weighted by Gasteiger charge is 2.17. The van der Waals surface area contributed by atoms with Crippen LogP contribution >= 0.6 is 11.3 Å². The van der Waals surface area contributed by atoms with Crippen molar-refractivity contribution < 1.29 is 4.79 Å². The van der Waals surface area contributed by atoms with Gasteiger partial charge in [0, 0.05) is 61.8 Å². The number of hydrogen-bond donors (Lipinski definition) is 2. The van der Waals surface area contributed by atoms with Gasteiger partial charge >= 0.3 is 0 Å². The minimum absolute atomic E-state index is 0.282. The predicted octanol–water partition coefficient (Wildman–Crippen LogP) is 2.82. The van der Waals surface area contributed by atoms with Crippen molar-refractivity contribution in [2.24, 2.45) is 0 Å². The van der Waals surface area contributed by atoms with Crippen LogP contribution in [0.2, 0.25) is 0 Å². The van der Waals surface area contributed by atoms with Crippen molar-refractivity contribution >= 4 is 27.9 Å². The summed E-state index contributed by atoms with van der Waals surface area (Å²) in [4.78, 5) is 29.2. The molecule has 0 radical (unpaired) electrons. The number of fused-ring (bicyclic) bond motifs is 1. The average molecular weight is 434 g/mol. The number of aryl methyl sites for hydroxylation is 1. The van der Waals surface area contributed by atoms with E-state index in [1.54, 1.807) is 17.5 Å². The third-order valence-corrected chi connectivity index (χ3v) is 6.23. The molecule has 0 unspecified atom stereocenters. The maximum Gasteiger partial charge on any atom is 0.275 e. The van der Waals surface area contributed by atoms with Crippen LogP contribution in [0.4, 0.5) is 5.69 Å². The minimum Gasteiger partial charge on any atom is -0.320 e. The van der Waals surface area contributed by atoms with E-state index in [1.807, 2.05) is 31.2 Å². The van der Waals surface area contributed by atoms with Crippen LogP contribution in [0.25, 0.3) is 16.2 Å². The molecule has 8 nitrogen and oxygen atoms in total. The number of rotatable bonds is 5. The highest BCUT2D eigenvalue weighted by molar-refractivity contribution is 7.15. The Morgan fingerprint density at radius 2 is 2.03 bits per heavy atom. The first-order valence-corrected chi connectivity index (χ1v) is 11.1. The molecule has 0 spiro atoms. The smallest absolute Gasteiger partial charge is 0.275 e. The van der Waals surface area contributed by atoms with Crippen LogP contribution in [0.5, 0.6) is 0 Å². The Kier molecular flexibility index (Phi) is 5.46. The van der Waals surface area contributed by atoms with E-state index in [0.717, 1.165) is 54.6 Å². The van der Waals surface area contributed by atoms with Crippen molar-refractivity contribution in [3.63, 3.8) is 0 Å². The first-order chi connectivity index (χ1) is 15.2. The van der Waals surface area contributed by atoms with E-state index in [9.17, 15) is 4.79 Å². The van der Waals surface area contributed by atoms with Crippen LogP contribution in [0.1, 0.15) is 21.9 Å². The molecule has 1 fully saturated rings. The maximum atomic E-state index is 12.7. The largest absolute Gasteiger partial charge is 0.320 e. The monoisotopic (exact) mass is 433 g/mol. The standard InChI is InChI=1S/C22H23N7OS/c1-15-10-25-19(11-24-15)21(30)26-18-5-3-2-4-17(18)20-13-29-16(14-31-22(29)27-20)12-28-8-6-23-7-9-28/h2-5,10-11,13-14,23H,6-9,12H2,1H3,(H,26,30). The molecule has 4 heterocycles. The molecule has 0 bridgehead atoms. The fourth-order valence-electron chi connectivity index (χ4n) is 3.68. The summed E-state index contributed by atoms with van der Waals surface area (Å²) in [6.45, 7) is 6.90. The van der Waals surface area contributed by atoms with E-state index in [0.29, 0.717) is 5.69 Å². The molecule has 31 heavy (non-hydrogen) atoms. The number of nitrogens with zero attached hydrogens (tertiary/aromatic N) is 5. The van der Waals surface area contributed by atoms with E-state index >= 15 is 0 Å². The van der Waals surface area contributed by atoms with Crippen molar-refractivity contribution in [1.82, 2.24) is 29.6 Å². The fraction of sp³-hybridized carbons (Fsp3) is 0.273. The molecule has 1 saturated heterocycles. The molecule has 9 heteroatoms. The van der Waals surface area contributed by atoms with Crippen LogP contribution in [-0.2, 0) is 6.54 Å². The second-order valence-corrected chi connectivity index (χ2v) is 8.41. The second-order valence-electron chi connectivity index (χ2n) is 7.57. The minimum atomic E-state index is -0.291. The lowest BCUT2D eigenvalue weighted by Crippen LogP contribution is -2.43. The number of para-hydroxylation sites is 1. The van der Waals surface area contributed by atoms with Crippen molar-refractivity contribution in [2.45, 2.75) is 13.5 Å². The van der Waals surface area contributed by atoms with Gasteiger partial charge in [0.25, 0.3) is 5.91 Å². The molecule has 158 valence electrons. The summed E-state index contributed by atoms with van der Waals surface area (Å²) in [6.07, 6.45) is 5.13. The number of hydrogen-bond acceptors (Lipinski definition) is 7. The Balaban J connectivity index is 1.41. The first kappa shape index (κ1) is 19.8. The zero-order valence-electron chi connectivity index (χ0n) is 17.2. The molecular formula is C22H23N7OS. The normalized spacial score (nSPS) is 14.7. The first-order valence-electron chi connectivity index (χ1n) is 10.3. The quantitative estimate of drug-likeness (QED) is 0.503. The molecule has 0 saturated carbocycles. The van der Waals surface area contributed by atoms with E-state index in [1.165, 1.54) is 11.9 Å². The van der Waals surface area contributed by atoms with Gasteiger partial charge in [-0.05, 0) is 13.0 Å². The van der Waals surface area contributed by atoms with Crippen LogP contribution < -0.4 is 10.6 Å². The summed E-state index contributed by atoms with van der Waals surface area (Å²) in [7, 11) is 0. The molecular weight excluding hydrogens is 410 g/mol. The molecule has 1 aromatic carbocycles. The Hall–Kier alpha value is -3.14. The zero-order valence-corrected chi connectivity index (χ0v) is 18.0. The van der Waals surface area contributed by atoms with Gasteiger partial charge in [-0.15, -0.1) is 11.3 Å². The number of aromatic nitrogens is 4. The summed E-state index contributed by atoms with van der Waals surface area (Å²) < 4.78 is 2.16. The predicted molar refractivity (Wildman–Crippen MR) is 121 cm³/mol. The van der Waals surface area contributed by atoms with Crippen molar-refractivity contribution in [3.05, 3.63) is 65.3 Å². The van der Waals surface area contributed by atoms with Crippen molar-refractivity contribution in [2.75, 3.05) is 31.5 Å². The number of thiazole rings is 1. The summed E-state index contributed by atoms with van der Waals surface area (Å²) in [6, 6.07) is 7.70. The number of nitrogens with one attached hydrogen (secondary N) is 2. The van der Waals surface area contributed by atoms with E-state index in [4.69, 9.17) is 4.98 Å². The Bertz CT molecular complexity index is 1210. The van der Waals surface area contributed by atoms with Crippen LogP contribution in [0.15, 0.2) is 48.2 Å². The van der Waals surface area contributed by atoms with Crippen LogP contribution in [0, 0.1) is 6.92 Å². The molecule has 1 aliphatic heterocycles. The molecule has 1 aliphatic rings. The Labute approximate surface area is 184 Å². The molecule has 3 aromatic heterocycles. The van der Waals surface area contributed by atoms with Gasteiger partial charge in [-0.1, -0.05) is 18.2 Å². The Morgan fingerprint density at radius 3 is 2.84 bits per heavy atom. The number of piperazine rings is 1. The third-order valence-electron chi connectivity index (χ3n) is 5.34. The van der Waals surface area contributed by atoms with Gasteiger partial charge in [0.05, 0.1) is 23.3 Å². The summed E-state index contributed by atoms with van der Waals surface area (Å²) >= 11 is 1.64. The highest BCUT2D eigenvalue weighted by atomic mass is 32.1. The van der Waals surface area contributed by atoms with Gasteiger partial charge in [0.1, 0.15) is 5.69 Å². The van der Waals surface area contributed by atoms with Crippen molar-refractivity contribution in [1.29, 1.82) is 0 Å². The van der Waals surface area contributed by atoms with Crippen LogP contribution in [-0.4, -0.2) is 56.3 Å². The van der Waals surface area contributed by atoms with E-state index < -0.39 is 0 Å². The third kappa shape index (κ3) is 4.20. The van der Waals surface area contributed by atoms with Crippen LogP contribution in [0.3, 0.4) is 0 Å². The summed E-state index contributed by atoms with van der Waals surface area (Å²) in [5.41, 5.74) is 4.69. The number of anilines is 1. The van der Waals surface area contributed by atoms with Gasteiger partial charge in [-0.25, -0.2) is 9.97 Å². The topological polar surface area (TPSA) is 87.5 Å². The lowest BCUT2D eigenvalue weighted by atomic mass is 10.1. The van der Waals surface area contributed by atoms with E-state index in [-0.39, 0.29) is 11.6 Å². The van der Waals surface area contributed by atoms with Gasteiger partial charge in [-0.3, -0.25) is 19.1 Å². The van der Waals surface area contributed by atoms with Gasteiger partial charge in [0.15, 0.2) is 4.96 Å². The maximum absolute atomic E-state index is 12.7. The molecule has 0 atom stereocenters. The van der Waals surface area contributed by atoms with E-state index in [2.05, 4.69) is 41.5 Å². The van der Waals surface area contributed by atoms with Crippen molar-refractivity contribution in [3.8, 4) is 11.3 Å². The number of imidazole rings is 1. The zero-order chi connectivity index (χ0) is 21.2.